The first-order valence-electron chi connectivity index (χ1n) is 9.40. The summed E-state index contributed by atoms with van der Waals surface area (Å²) in [6, 6.07) is 15.0. The molecule has 0 radical (unpaired) electrons. The van der Waals surface area contributed by atoms with Crippen molar-refractivity contribution in [3.8, 4) is 0 Å². The maximum Gasteiger partial charge on any atom is 0.280 e. The van der Waals surface area contributed by atoms with Crippen LogP contribution in [-0.4, -0.2) is 17.7 Å². The van der Waals surface area contributed by atoms with Crippen molar-refractivity contribution in [2.75, 3.05) is 5.01 Å². The molecule has 0 spiro atoms. The van der Waals surface area contributed by atoms with Crippen molar-refractivity contribution < 1.29 is 4.79 Å². The first kappa shape index (κ1) is 19.7. The van der Waals surface area contributed by atoms with Crippen LogP contribution in [-0.2, 0) is 16.6 Å². The fraction of sp³-hybridized carbons (Fsp3) is 0.304. The summed E-state index contributed by atoms with van der Waals surface area (Å²) >= 11 is 0. The topological polar surface area (TPSA) is 57.4 Å². The van der Waals surface area contributed by atoms with Crippen LogP contribution >= 0.6 is 0 Å². The van der Waals surface area contributed by atoms with Crippen LogP contribution in [0.25, 0.3) is 0 Å². The number of nitrogens with zero attached hydrogens (tertiary/aromatic N) is 4. The molecule has 5 heteroatoms. The van der Waals surface area contributed by atoms with E-state index in [2.05, 4.69) is 42.7 Å². The van der Waals surface area contributed by atoms with Crippen LogP contribution in [0.15, 0.2) is 76.5 Å². The normalized spacial score (nSPS) is 17.3. The lowest BCUT2D eigenvalue weighted by atomic mass is 9.87. The molecule has 5 nitrogen and oxygen atoms in total. The van der Waals surface area contributed by atoms with Gasteiger partial charge in [-0.1, -0.05) is 51.1 Å². The second-order valence-corrected chi connectivity index (χ2v) is 7.97. The molecule has 0 aromatic heterocycles. The van der Waals surface area contributed by atoms with Crippen molar-refractivity contribution in [2.45, 2.75) is 45.6 Å². The molecule has 2 aromatic rings. The highest BCUT2D eigenvalue weighted by molar-refractivity contribution is 6.18. The molecule has 0 bridgehead atoms. The zero-order valence-electron chi connectivity index (χ0n) is 16.9. The molecule has 0 saturated carbocycles. The second kappa shape index (κ2) is 7.89. The second-order valence-electron chi connectivity index (χ2n) is 7.97. The van der Waals surface area contributed by atoms with E-state index in [1.54, 1.807) is 6.92 Å². The highest BCUT2D eigenvalue weighted by atomic mass is 16.2. The van der Waals surface area contributed by atoms with Gasteiger partial charge in [0.15, 0.2) is 6.04 Å². The van der Waals surface area contributed by atoms with Gasteiger partial charge in [0.1, 0.15) is 0 Å². The fourth-order valence-corrected chi connectivity index (χ4v) is 2.97. The van der Waals surface area contributed by atoms with Crippen molar-refractivity contribution in [1.29, 1.82) is 0 Å². The third-order valence-electron chi connectivity index (χ3n) is 4.68. The first-order valence-corrected chi connectivity index (χ1v) is 9.40. The average molecular weight is 374 g/mol. The molecule has 1 amide bonds. The lowest BCUT2D eigenvalue weighted by Gasteiger charge is -2.20. The Balaban J connectivity index is 1.74. The Kier molecular flexibility index (Phi) is 5.54. The SMILES string of the molecule is C=CCc1ccc(N=NC2C(=O)N(c3ccc(C(C)(C)C)cc3)N=C2C)cc1. The number of hydrazone groups is 1. The Hall–Kier alpha value is -3.08. The van der Waals surface area contributed by atoms with E-state index >= 15 is 0 Å². The van der Waals surface area contributed by atoms with Gasteiger partial charge in [0.2, 0.25) is 0 Å². The molecule has 0 aliphatic carbocycles. The van der Waals surface area contributed by atoms with Crippen LogP contribution < -0.4 is 5.01 Å². The monoisotopic (exact) mass is 374 g/mol. The highest BCUT2D eigenvalue weighted by Crippen LogP contribution is 2.28. The van der Waals surface area contributed by atoms with E-state index in [4.69, 9.17) is 0 Å². The van der Waals surface area contributed by atoms with Gasteiger partial charge in [0.25, 0.3) is 5.91 Å². The van der Waals surface area contributed by atoms with Gasteiger partial charge < -0.3 is 0 Å². The zero-order valence-corrected chi connectivity index (χ0v) is 16.9. The number of carbonyl (C=O) groups excluding carboxylic acids is 1. The number of allylic oxidation sites excluding steroid dienone is 1. The summed E-state index contributed by atoms with van der Waals surface area (Å²) in [5.41, 5.74) is 4.51. The summed E-state index contributed by atoms with van der Waals surface area (Å²) in [6.45, 7) is 12.0. The number of hydrogen-bond donors (Lipinski definition) is 0. The minimum absolute atomic E-state index is 0.0602. The molecule has 1 unspecified atom stereocenters. The van der Waals surface area contributed by atoms with Crippen molar-refractivity contribution in [2.24, 2.45) is 15.3 Å². The standard InChI is InChI=1S/C23H26N4O/c1-6-7-17-8-12-19(13-9-17)24-25-21-16(2)26-27(22(21)28)20-14-10-18(11-15-20)23(3,4)5/h6,8-15,21H,1,7H2,2-5H3. The van der Waals surface area contributed by atoms with Crippen molar-refractivity contribution in [3.05, 3.63) is 72.3 Å². The third kappa shape index (κ3) is 4.25. The maximum absolute atomic E-state index is 12.8. The Bertz CT molecular complexity index is 919. The predicted molar refractivity (Wildman–Crippen MR) is 114 cm³/mol. The lowest BCUT2D eigenvalue weighted by molar-refractivity contribution is -0.117. The van der Waals surface area contributed by atoms with E-state index in [0.717, 1.165) is 17.7 Å². The molecule has 0 saturated heterocycles. The van der Waals surface area contributed by atoms with E-state index < -0.39 is 6.04 Å². The molecular weight excluding hydrogens is 348 g/mol. The number of carbonyl (C=O) groups is 1. The summed E-state index contributed by atoms with van der Waals surface area (Å²) in [4.78, 5) is 12.8. The highest BCUT2D eigenvalue weighted by Gasteiger charge is 2.34. The number of azo groups is 1. The number of rotatable bonds is 5. The molecule has 0 N–H and O–H groups in total. The molecule has 3 rings (SSSR count). The smallest absolute Gasteiger partial charge is 0.269 e. The van der Waals surface area contributed by atoms with Crippen LogP contribution in [0, 0.1) is 0 Å². The molecule has 0 fully saturated rings. The minimum Gasteiger partial charge on any atom is -0.269 e. The van der Waals surface area contributed by atoms with Crippen molar-refractivity contribution in [3.63, 3.8) is 0 Å². The quantitative estimate of drug-likeness (QED) is 0.497. The lowest BCUT2D eigenvalue weighted by Crippen LogP contribution is -2.29. The van der Waals surface area contributed by atoms with Gasteiger partial charge in [0.05, 0.1) is 17.1 Å². The van der Waals surface area contributed by atoms with E-state index in [1.807, 2.05) is 54.6 Å². The zero-order chi connectivity index (χ0) is 20.3. The molecule has 28 heavy (non-hydrogen) atoms. The van der Waals surface area contributed by atoms with E-state index in [0.29, 0.717) is 11.4 Å². The first-order chi connectivity index (χ1) is 13.3. The molecule has 144 valence electrons. The number of benzene rings is 2. The van der Waals surface area contributed by atoms with Gasteiger partial charge in [0, 0.05) is 0 Å². The summed E-state index contributed by atoms with van der Waals surface area (Å²) in [5.74, 6) is -0.187. The summed E-state index contributed by atoms with van der Waals surface area (Å²) < 4.78 is 0. The fourth-order valence-electron chi connectivity index (χ4n) is 2.97. The third-order valence-corrected chi connectivity index (χ3v) is 4.68. The Morgan fingerprint density at radius 3 is 2.32 bits per heavy atom. The van der Waals surface area contributed by atoms with Crippen LogP contribution in [0.3, 0.4) is 0 Å². The van der Waals surface area contributed by atoms with Gasteiger partial charge in [-0.15, -0.1) is 6.58 Å². The van der Waals surface area contributed by atoms with Gasteiger partial charge in [-0.2, -0.15) is 20.3 Å². The van der Waals surface area contributed by atoms with Gasteiger partial charge in [-0.25, -0.2) is 0 Å². The van der Waals surface area contributed by atoms with Crippen molar-refractivity contribution >= 4 is 23.0 Å². The van der Waals surface area contributed by atoms with Crippen LogP contribution in [0.5, 0.6) is 0 Å². The predicted octanol–water partition coefficient (Wildman–Crippen LogP) is 5.59. The maximum atomic E-state index is 12.8. The van der Waals surface area contributed by atoms with Crippen LogP contribution in [0.4, 0.5) is 11.4 Å². The molecule has 1 aliphatic heterocycles. The Morgan fingerprint density at radius 2 is 1.75 bits per heavy atom. The molecule has 2 aromatic carbocycles. The summed E-state index contributed by atoms with van der Waals surface area (Å²) in [6.07, 6.45) is 2.67. The molecule has 1 atom stereocenters. The van der Waals surface area contributed by atoms with Crippen molar-refractivity contribution in [1.82, 2.24) is 0 Å². The molecular formula is C23H26N4O. The summed E-state index contributed by atoms with van der Waals surface area (Å²) in [7, 11) is 0. The minimum atomic E-state index is -0.685. The van der Waals surface area contributed by atoms with E-state index in [1.165, 1.54) is 10.6 Å². The molecule has 1 aliphatic rings. The van der Waals surface area contributed by atoms with Crippen LogP contribution in [0.2, 0.25) is 0 Å². The van der Waals surface area contributed by atoms with E-state index in [9.17, 15) is 4.79 Å². The number of hydrogen-bond acceptors (Lipinski definition) is 4. The Morgan fingerprint density at radius 1 is 1.11 bits per heavy atom. The molecule has 1 heterocycles. The number of anilines is 1. The van der Waals surface area contributed by atoms with Gasteiger partial charge >= 0.3 is 0 Å². The van der Waals surface area contributed by atoms with Gasteiger partial charge in [-0.3, -0.25) is 4.79 Å². The Labute approximate surface area is 166 Å². The average Bonchev–Trinajstić information content (AvgIpc) is 2.95. The summed E-state index contributed by atoms with van der Waals surface area (Å²) in [5, 5.41) is 14.3. The van der Waals surface area contributed by atoms with Crippen LogP contribution in [0.1, 0.15) is 38.8 Å². The number of amides is 1. The largest absolute Gasteiger partial charge is 0.280 e. The van der Waals surface area contributed by atoms with E-state index in [-0.39, 0.29) is 11.3 Å². The van der Waals surface area contributed by atoms with Gasteiger partial charge in [-0.05, 0) is 54.2 Å².